The van der Waals surface area contributed by atoms with Crippen LogP contribution in [-0.2, 0) is 19.1 Å². The van der Waals surface area contributed by atoms with Crippen LogP contribution in [0.3, 0.4) is 0 Å². The van der Waals surface area contributed by atoms with Crippen molar-refractivity contribution in [2.75, 3.05) is 6.54 Å². The predicted octanol–water partition coefficient (Wildman–Crippen LogP) is 1.93. The van der Waals surface area contributed by atoms with Crippen molar-refractivity contribution >= 4 is 29.8 Å². The summed E-state index contributed by atoms with van der Waals surface area (Å²) in [6, 6.07) is 2.54. The number of rotatable bonds is 3. The van der Waals surface area contributed by atoms with Gasteiger partial charge in [-0.2, -0.15) is 4.31 Å². The molecule has 116 valence electrons. The number of piperidine rings is 1. The van der Waals surface area contributed by atoms with Gasteiger partial charge in [-0.3, -0.25) is 0 Å². The summed E-state index contributed by atoms with van der Waals surface area (Å²) in [5.74, 6) is -0.755. The first-order valence-corrected chi connectivity index (χ1v) is 10.2. The number of sulfonamides is 1. The quantitative estimate of drug-likeness (QED) is 0.778. The Morgan fingerprint density at radius 2 is 1.90 bits per heavy atom. The molecule has 1 saturated carbocycles. The summed E-state index contributed by atoms with van der Waals surface area (Å²) in [5, 5.41) is 0. The fourth-order valence-corrected chi connectivity index (χ4v) is 5.69. The van der Waals surface area contributed by atoms with E-state index < -0.39 is 34.7 Å². The standard InChI is InChI=1S/C12H13ClFNO4S2/c13-20(16,17)10-3-4-12(11(14)6-10)21(18,19)15-7-8-1-2-9(15)5-8/h3-4,6,8-9H,1-2,5,7H2. The maximum Gasteiger partial charge on any atom is 0.261 e. The van der Waals surface area contributed by atoms with Crippen LogP contribution in [0.1, 0.15) is 19.3 Å². The summed E-state index contributed by atoms with van der Waals surface area (Å²) in [4.78, 5) is -0.956. The maximum absolute atomic E-state index is 14.0. The zero-order chi connectivity index (χ0) is 15.4. The van der Waals surface area contributed by atoms with E-state index in [2.05, 4.69) is 0 Å². The summed E-state index contributed by atoms with van der Waals surface area (Å²) in [6.07, 6.45) is 2.61. The van der Waals surface area contributed by atoms with Gasteiger partial charge in [-0.15, -0.1) is 0 Å². The van der Waals surface area contributed by atoms with E-state index >= 15 is 0 Å². The summed E-state index contributed by atoms with van der Waals surface area (Å²) >= 11 is 0. The van der Waals surface area contributed by atoms with Crippen molar-refractivity contribution in [1.82, 2.24) is 4.31 Å². The van der Waals surface area contributed by atoms with Crippen molar-refractivity contribution in [3.8, 4) is 0 Å². The Morgan fingerprint density at radius 3 is 2.38 bits per heavy atom. The fraction of sp³-hybridized carbons (Fsp3) is 0.500. The molecule has 2 unspecified atom stereocenters. The summed E-state index contributed by atoms with van der Waals surface area (Å²) in [5.41, 5.74) is 0. The maximum atomic E-state index is 14.0. The van der Waals surface area contributed by atoms with Crippen LogP contribution in [0.15, 0.2) is 28.0 Å². The first kappa shape index (κ1) is 15.2. The lowest BCUT2D eigenvalue weighted by atomic mass is 10.1. The average Bonchev–Trinajstić information content (AvgIpc) is 2.99. The molecule has 1 heterocycles. The summed E-state index contributed by atoms with van der Waals surface area (Å²) in [7, 11) is -2.91. The second-order valence-electron chi connectivity index (χ2n) is 5.44. The molecule has 1 saturated heterocycles. The fourth-order valence-electron chi connectivity index (χ4n) is 3.14. The molecule has 1 aromatic carbocycles. The Labute approximate surface area is 127 Å². The molecule has 2 bridgehead atoms. The second kappa shape index (κ2) is 4.91. The Hall–Kier alpha value is -0.700. The summed E-state index contributed by atoms with van der Waals surface area (Å²) in [6.45, 7) is 0.405. The molecule has 0 N–H and O–H groups in total. The van der Waals surface area contributed by atoms with Crippen LogP contribution in [0.2, 0.25) is 0 Å². The van der Waals surface area contributed by atoms with Gasteiger partial charge in [0.05, 0.1) is 4.90 Å². The monoisotopic (exact) mass is 353 g/mol. The highest BCUT2D eigenvalue weighted by Crippen LogP contribution is 2.40. The van der Waals surface area contributed by atoms with Crippen molar-refractivity contribution in [2.45, 2.75) is 35.1 Å². The minimum Gasteiger partial charge on any atom is -0.207 e. The lowest BCUT2D eigenvalue weighted by Crippen LogP contribution is -2.38. The molecule has 1 aromatic rings. The first-order chi connectivity index (χ1) is 9.69. The minimum atomic E-state index is -4.09. The van der Waals surface area contributed by atoms with Gasteiger partial charge in [0, 0.05) is 23.3 Å². The van der Waals surface area contributed by atoms with Crippen molar-refractivity contribution in [3.63, 3.8) is 0 Å². The number of hydrogen-bond donors (Lipinski definition) is 0. The molecule has 2 fully saturated rings. The van der Waals surface area contributed by atoms with Crippen molar-refractivity contribution < 1.29 is 21.2 Å². The zero-order valence-corrected chi connectivity index (χ0v) is 13.3. The van der Waals surface area contributed by atoms with E-state index in [1.165, 1.54) is 4.31 Å². The molecule has 3 rings (SSSR count). The van der Waals surface area contributed by atoms with E-state index in [4.69, 9.17) is 10.7 Å². The normalized spacial score (nSPS) is 26.4. The molecule has 21 heavy (non-hydrogen) atoms. The molecule has 0 amide bonds. The van der Waals surface area contributed by atoms with Crippen molar-refractivity contribution in [3.05, 3.63) is 24.0 Å². The molecule has 1 aliphatic carbocycles. The van der Waals surface area contributed by atoms with Crippen LogP contribution in [0, 0.1) is 11.7 Å². The highest BCUT2D eigenvalue weighted by Gasteiger charge is 2.45. The number of benzene rings is 1. The Bertz CT molecular complexity index is 793. The Morgan fingerprint density at radius 1 is 1.19 bits per heavy atom. The highest BCUT2D eigenvalue weighted by molar-refractivity contribution is 8.13. The van der Waals surface area contributed by atoms with Gasteiger partial charge in [0.1, 0.15) is 10.7 Å². The number of halogens is 2. The molecular weight excluding hydrogens is 341 g/mol. The molecule has 9 heteroatoms. The molecule has 0 radical (unpaired) electrons. The summed E-state index contributed by atoms with van der Waals surface area (Å²) < 4.78 is 62.7. The smallest absolute Gasteiger partial charge is 0.207 e. The molecule has 5 nitrogen and oxygen atoms in total. The van der Waals surface area contributed by atoms with E-state index in [1.54, 1.807) is 0 Å². The van der Waals surface area contributed by atoms with Gasteiger partial charge in [0.15, 0.2) is 0 Å². The van der Waals surface area contributed by atoms with Gasteiger partial charge >= 0.3 is 0 Å². The number of hydrogen-bond acceptors (Lipinski definition) is 4. The van der Waals surface area contributed by atoms with E-state index in [-0.39, 0.29) is 6.04 Å². The van der Waals surface area contributed by atoms with E-state index in [0.717, 1.165) is 31.4 Å². The van der Waals surface area contributed by atoms with E-state index in [9.17, 15) is 21.2 Å². The van der Waals surface area contributed by atoms with Crippen LogP contribution in [-0.4, -0.2) is 33.7 Å². The van der Waals surface area contributed by atoms with E-state index in [1.807, 2.05) is 0 Å². The lowest BCUT2D eigenvalue weighted by molar-refractivity contribution is 0.332. The molecular formula is C12H13ClFNO4S2. The second-order valence-corrected chi connectivity index (χ2v) is 9.86. The highest BCUT2D eigenvalue weighted by atomic mass is 35.7. The molecule has 1 aliphatic heterocycles. The first-order valence-electron chi connectivity index (χ1n) is 6.45. The molecule has 2 aliphatic rings. The van der Waals surface area contributed by atoms with E-state index in [0.29, 0.717) is 18.5 Å². The van der Waals surface area contributed by atoms with Crippen molar-refractivity contribution in [2.24, 2.45) is 5.92 Å². The van der Waals surface area contributed by atoms with Gasteiger partial charge in [-0.25, -0.2) is 21.2 Å². The molecule has 0 spiro atoms. The zero-order valence-electron chi connectivity index (χ0n) is 10.9. The molecule has 0 aromatic heterocycles. The Kier molecular flexibility index (Phi) is 3.55. The van der Waals surface area contributed by atoms with Gasteiger partial charge < -0.3 is 0 Å². The predicted molar refractivity (Wildman–Crippen MR) is 74.5 cm³/mol. The lowest BCUT2D eigenvalue weighted by Gasteiger charge is -2.26. The van der Waals surface area contributed by atoms with Gasteiger partial charge in [-0.1, -0.05) is 0 Å². The van der Waals surface area contributed by atoms with Crippen LogP contribution in [0.5, 0.6) is 0 Å². The Balaban J connectivity index is 2.00. The van der Waals surface area contributed by atoms with Crippen LogP contribution in [0.4, 0.5) is 4.39 Å². The SMILES string of the molecule is O=S(=O)(Cl)c1ccc(S(=O)(=O)N2CC3CCC2C3)c(F)c1. The van der Waals surface area contributed by atoms with Crippen molar-refractivity contribution in [1.29, 1.82) is 0 Å². The van der Waals surface area contributed by atoms with Gasteiger partial charge in [0.2, 0.25) is 10.0 Å². The topological polar surface area (TPSA) is 71.5 Å². The van der Waals surface area contributed by atoms with Crippen LogP contribution < -0.4 is 0 Å². The average molecular weight is 354 g/mol. The molecule has 2 atom stereocenters. The van der Waals surface area contributed by atoms with Crippen LogP contribution in [0.25, 0.3) is 0 Å². The van der Waals surface area contributed by atoms with Gasteiger partial charge in [-0.05, 0) is 43.4 Å². The third-order valence-corrected chi connectivity index (χ3v) is 7.43. The number of fused-ring (bicyclic) bond motifs is 2. The largest absolute Gasteiger partial charge is 0.261 e. The number of nitrogens with zero attached hydrogens (tertiary/aromatic N) is 1. The van der Waals surface area contributed by atoms with Gasteiger partial charge in [0.25, 0.3) is 9.05 Å². The third-order valence-electron chi connectivity index (χ3n) is 4.13. The van der Waals surface area contributed by atoms with Crippen LogP contribution >= 0.6 is 10.7 Å². The third kappa shape index (κ3) is 2.58. The minimum absolute atomic E-state index is 0.0733.